The molecule has 0 amide bonds. The summed E-state index contributed by atoms with van der Waals surface area (Å²) in [5.41, 5.74) is -0.203. The van der Waals surface area contributed by atoms with Crippen molar-refractivity contribution in [2.24, 2.45) is 0 Å². The number of anilines is 3. The van der Waals surface area contributed by atoms with Crippen molar-refractivity contribution >= 4 is 17.5 Å². The molecule has 5 nitrogen and oxygen atoms in total. The Balaban J connectivity index is 1.81. The molecule has 0 aliphatic rings. The lowest BCUT2D eigenvalue weighted by Gasteiger charge is -2.14. The maximum Gasteiger partial charge on any atom is 0.418 e. The molecule has 0 spiro atoms. The SMILES string of the molecule is Cc1cc(Nc2ccccc2C(F)(F)F)nc(NCc2ccco2)n1. The number of alkyl halides is 3. The number of halogens is 3. The minimum absolute atomic E-state index is 0.0647. The molecule has 0 aliphatic heterocycles. The molecule has 1 aromatic carbocycles. The first-order chi connectivity index (χ1) is 11.9. The van der Waals surface area contributed by atoms with Gasteiger partial charge in [0.15, 0.2) is 0 Å². The fourth-order valence-electron chi connectivity index (χ4n) is 2.27. The van der Waals surface area contributed by atoms with Crippen LogP contribution in [-0.2, 0) is 12.7 Å². The van der Waals surface area contributed by atoms with Gasteiger partial charge in [-0.05, 0) is 31.2 Å². The Morgan fingerprint density at radius 1 is 1.08 bits per heavy atom. The van der Waals surface area contributed by atoms with E-state index < -0.39 is 11.7 Å². The standard InChI is InChI=1S/C17H15F3N4O/c1-11-9-15(23-14-7-3-2-6-13(14)17(18,19)20)24-16(22-11)21-10-12-5-4-8-25-12/h2-9H,10H2,1H3,(H2,21,22,23,24). The monoisotopic (exact) mass is 348 g/mol. The minimum atomic E-state index is -4.45. The number of nitrogens with one attached hydrogen (secondary N) is 2. The van der Waals surface area contributed by atoms with Gasteiger partial charge in [0.05, 0.1) is 24.1 Å². The third-order valence-corrected chi connectivity index (χ3v) is 3.35. The third-order valence-electron chi connectivity index (χ3n) is 3.35. The van der Waals surface area contributed by atoms with Crippen LogP contribution in [0.2, 0.25) is 0 Å². The summed E-state index contributed by atoms with van der Waals surface area (Å²) in [6.45, 7) is 2.11. The predicted molar refractivity (Wildman–Crippen MR) is 87.5 cm³/mol. The number of aromatic nitrogens is 2. The average molecular weight is 348 g/mol. The van der Waals surface area contributed by atoms with Gasteiger partial charge >= 0.3 is 6.18 Å². The van der Waals surface area contributed by atoms with Crippen molar-refractivity contribution in [3.63, 3.8) is 0 Å². The Morgan fingerprint density at radius 2 is 1.88 bits per heavy atom. The summed E-state index contributed by atoms with van der Waals surface area (Å²) in [7, 11) is 0. The highest BCUT2D eigenvalue weighted by molar-refractivity contribution is 5.62. The van der Waals surface area contributed by atoms with E-state index in [2.05, 4.69) is 20.6 Å². The van der Waals surface area contributed by atoms with Crippen LogP contribution in [0, 0.1) is 6.92 Å². The molecular formula is C17H15F3N4O. The molecule has 0 bridgehead atoms. The van der Waals surface area contributed by atoms with Crippen LogP contribution in [0.5, 0.6) is 0 Å². The fraction of sp³-hybridized carbons (Fsp3) is 0.176. The van der Waals surface area contributed by atoms with E-state index in [0.717, 1.165) is 6.07 Å². The van der Waals surface area contributed by atoms with E-state index in [-0.39, 0.29) is 11.5 Å². The van der Waals surface area contributed by atoms with E-state index in [0.29, 0.717) is 23.9 Å². The Hall–Kier alpha value is -3.03. The van der Waals surface area contributed by atoms with Gasteiger partial charge in [0.1, 0.15) is 11.6 Å². The fourth-order valence-corrected chi connectivity index (χ4v) is 2.27. The summed E-state index contributed by atoms with van der Waals surface area (Å²) in [5, 5.41) is 5.70. The van der Waals surface area contributed by atoms with Gasteiger partial charge < -0.3 is 15.1 Å². The summed E-state index contributed by atoms with van der Waals surface area (Å²) in [4.78, 5) is 8.43. The van der Waals surface area contributed by atoms with Gasteiger partial charge in [-0.3, -0.25) is 0 Å². The smallest absolute Gasteiger partial charge is 0.418 e. The summed E-state index contributed by atoms with van der Waals surface area (Å²) in [6, 6.07) is 10.4. The summed E-state index contributed by atoms with van der Waals surface area (Å²) in [6.07, 6.45) is -2.90. The molecule has 2 N–H and O–H groups in total. The number of rotatable bonds is 5. The highest BCUT2D eigenvalue weighted by Gasteiger charge is 2.33. The first kappa shape index (κ1) is 16.8. The second-order valence-electron chi connectivity index (χ2n) is 5.32. The highest BCUT2D eigenvalue weighted by atomic mass is 19.4. The van der Waals surface area contributed by atoms with Gasteiger partial charge in [-0.25, -0.2) is 4.98 Å². The molecule has 0 aliphatic carbocycles. The number of hydrogen-bond donors (Lipinski definition) is 2. The van der Waals surface area contributed by atoms with Gasteiger partial charge in [-0.1, -0.05) is 12.1 Å². The molecule has 3 aromatic rings. The quantitative estimate of drug-likeness (QED) is 0.696. The predicted octanol–water partition coefficient (Wildman–Crippen LogP) is 4.75. The maximum atomic E-state index is 13.1. The number of aryl methyl sites for hydroxylation is 1. The van der Waals surface area contributed by atoms with E-state index in [1.807, 2.05) is 0 Å². The molecule has 8 heteroatoms. The Bertz CT molecular complexity index is 847. The number of furan rings is 1. The van der Waals surface area contributed by atoms with E-state index in [9.17, 15) is 13.2 Å². The Morgan fingerprint density at radius 3 is 2.60 bits per heavy atom. The largest absolute Gasteiger partial charge is 0.467 e. The molecule has 2 aromatic heterocycles. The number of benzene rings is 1. The summed E-state index contributed by atoms with van der Waals surface area (Å²) >= 11 is 0. The van der Waals surface area contributed by atoms with E-state index >= 15 is 0 Å². The van der Waals surface area contributed by atoms with Crippen LogP contribution in [0.15, 0.2) is 53.1 Å². The van der Waals surface area contributed by atoms with Gasteiger partial charge in [0, 0.05) is 11.8 Å². The zero-order chi connectivity index (χ0) is 17.9. The van der Waals surface area contributed by atoms with Crippen LogP contribution >= 0.6 is 0 Å². The minimum Gasteiger partial charge on any atom is -0.467 e. The van der Waals surface area contributed by atoms with Crippen LogP contribution < -0.4 is 10.6 Å². The normalized spacial score (nSPS) is 11.4. The van der Waals surface area contributed by atoms with Crippen LogP contribution in [0.3, 0.4) is 0 Å². The van der Waals surface area contributed by atoms with Crippen LogP contribution in [0.25, 0.3) is 0 Å². The average Bonchev–Trinajstić information content (AvgIpc) is 3.05. The molecule has 0 atom stereocenters. The van der Waals surface area contributed by atoms with Crippen molar-refractivity contribution < 1.29 is 17.6 Å². The van der Waals surface area contributed by atoms with Crippen molar-refractivity contribution in [3.05, 3.63) is 65.7 Å². The van der Waals surface area contributed by atoms with Gasteiger partial charge in [0.25, 0.3) is 0 Å². The summed E-state index contributed by atoms with van der Waals surface area (Å²) < 4.78 is 44.5. The molecule has 3 rings (SSSR count). The van der Waals surface area contributed by atoms with Crippen LogP contribution in [0.1, 0.15) is 17.0 Å². The van der Waals surface area contributed by atoms with Gasteiger partial charge in [0.2, 0.25) is 5.95 Å². The number of nitrogens with zero attached hydrogens (tertiary/aromatic N) is 2. The molecule has 0 radical (unpaired) electrons. The van der Waals surface area contributed by atoms with Crippen LogP contribution in [0.4, 0.5) is 30.6 Å². The van der Waals surface area contributed by atoms with E-state index in [4.69, 9.17) is 4.42 Å². The topological polar surface area (TPSA) is 63.0 Å². The first-order valence-electron chi connectivity index (χ1n) is 7.47. The van der Waals surface area contributed by atoms with Crippen molar-refractivity contribution in [2.75, 3.05) is 10.6 Å². The van der Waals surface area contributed by atoms with Crippen molar-refractivity contribution in [2.45, 2.75) is 19.6 Å². The Kier molecular flexibility index (Phi) is 4.60. The van der Waals surface area contributed by atoms with E-state index in [1.165, 1.54) is 18.2 Å². The van der Waals surface area contributed by atoms with Gasteiger partial charge in [-0.15, -0.1) is 0 Å². The number of hydrogen-bond acceptors (Lipinski definition) is 5. The Labute approximate surface area is 141 Å². The molecule has 0 saturated heterocycles. The molecule has 0 saturated carbocycles. The van der Waals surface area contributed by atoms with Gasteiger partial charge in [-0.2, -0.15) is 18.2 Å². The molecule has 0 fully saturated rings. The molecule has 0 unspecified atom stereocenters. The maximum absolute atomic E-state index is 13.1. The third kappa shape index (κ3) is 4.28. The lowest BCUT2D eigenvalue weighted by molar-refractivity contribution is -0.136. The van der Waals surface area contributed by atoms with Crippen molar-refractivity contribution in [1.82, 2.24) is 9.97 Å². The second kappa shape index (κ2) is 6.84. The molecular weight excluding hydrogens is 333 g/mol. The lowest BCUT2D eigenvalue weighted by Crippen LogP contribution is -2.10. The highest BCUT2D eigenvalue weighted by Crippen LogP contribution is 2.35. The molecule has 2 heterocycles. The lowest BCUT2D eigenvalue weighted by atomic mass is 10.1. The van der Waals surface area contributed by atoms with Crippen LogP contribution in [-0.4, -0.2) is 9.97 Å². The summed E-state index contributed by atoms with van der Waals surface area (Å²) in [5.74, 6) is 1.26. The molecule has 130 valence electrons. The van der Waals surface area contributed by atoms with Crippen molar-refractivity contribution in [3.8, 4) is 0 Å². The zero-order valence-corrected chi connectivity index (χ0v) is 13.3. The molecule has 25 heavy (non-hydrogen) atoms. The zero-order valence-electron chi connectivity index (χ0n) is 13.3. The number of para-hydroxylation sites is 1. The first-order valence-corrected chi connectivity index (χ1v) is 7.47. The van der Waals surface area contributed by atoms with Crippen molar-refractivity contribution in [1.29, 1.82) is 0 Å². The van der Waals surface area contributed by atoms with E-state index in [1.54, 1.807) is 31.4 Å². The second-order valence-corrected chi connectivity index (χ2v) is 5.32.